The van der Waals surface area contributed by atoms with Gasteiger partial charge in [-0.15, -0.1) is 0 Å². The fourth-order valence-electron chi connectivity index (χ4n) is 2.34. The fourth-order valence-corrected chi connectivity index (χ4v) is 2.34. The van der Waals surface area contributed by atoms with Crippen molar-refractivity contribution < 1.29 is 14.6 Å². The molecule has 0 aromatic heterocycles. The zero-order valence-electron chi connectivity index (χ0n) is 10.8. The van der Waals surface area contributed by atoms with Gasteiger partial charge in [-0.1, -0.05) is 6.07 Å². The van der Waals surface area contributed by atoms with Crippen LogP contribution in [0.25, 0.3) is 0 Å². The van der Waals surface area contributed by atoms with Crippen LogP contribution >= 0.6 is 0 Å². The van der Waals surface area contributed by atoms with Crippen molar-refractivity contribution >= 4 is 5.69 Å². The second kappa shape index (κ2) is 6.07. The number of aliphatic hydroxyl groups excluding tert-OH is 1. The first-order chi connectivity index (χ1) is 8.78. The lowest BCUT2D eigenvalue weighted by molar-refractivity contribution is 0.132. The van der Waals surface area contributed by atoms with Crippen LogP contribution in [-0.2, 0) is 4.74 Å². The normalized spacial score (nSPS) is 24.3. The first kappa shape index (κ1) is 13.2. The van der Waals surface area contributed by atoms with Crippen LogP contribution in [-0.4, -0.2) is 37.6 Å². The highest BCUT2D eigenvalue weighted by atomic mass is 16.5. The Morgan fingerprint density at radius 1 is 1.39 bits per heavy atom. The van der Waals surface area contributed by atoms with Gasteiger partial charge in [0.15, 0.2) is 0 Å². The highest BCUT2D eigenvalue weighted by Crippen LogP contribution is 2.27. The molecule has 1 aromatic rings. The molecule has 1 aliphatic rings. The van der Waals surface area contributed by atoms with E-state index >= 15 is 0 Å². The highest BCUT2D eigenvalue weighted by molar-refractivity contribution is 5.50. The molecule has 100 valence electrons. The fraction of sp³-hybridized carbons (Fsp3) is 0.571. The average Bonchev–Trinajstić information content (AvgIpc) is 2.65. The molecule has 0 aliphatic carbocycles. The van der Waals surface area contributed by atoms with E-state index in [9.17, 15) is 5.11 Å². The molecule has 18 heavy (non-hydrogen) atoms. The van der Waals surface area contributed by atoms with E-state index in [0.29, 0.717) is 6.61 Å². The van der Waals surface area contributed by atoms with Crippen molar-refractivity contribution in [2.45, 2.75) is 24.8 Å². The predicted octanol–water partition coefficient (Wildman–Crippen LogP) is 2.04. The quantitative estimate of drug-likeness (QED) is 0.860. The Labute approximate surface area is 108 Å². The molecular formula is C14H21NO3. The van der Waals surface area contributed by atoms with Crippen LogP contribution in [0.4, 0.5) is 5.69 Å². The van der Waals surface area contributed by atoms with Crippen molar-refractivity contribution in [3.63, 3.8) is 0 Å². The topological polar surface area (TPSA) is 50.7 Å². The van der Waals surface area contributed by atoms with Crippen LogP contribution in [0.15, 0.2) is 24.3 Å². The van der Waals surface area contributed by atoms with Crippen molar-refractivity contribution in [3.8, 4) is 5.75 Å². The summed E-state index contributed by atoms with van der Waals surface area (Å²) in [4.78, 5) is 0. The maximum Gasteiger partial charge on any atom is 0.120 e. The van der Waals surface area contributed by atoms with E-state index < -0.39 is 0 Å². The van der Waals surface area contributed by atoms with Gasteiger partial charge in [0, 0.05) is 25.0 Å². The summed E-state index contributed by atoms with van der Waals surface area (Å²) in [5.41, 5.74) is 0.702. The lowest BCUT2D eigenvalue weighted by Gasteiger charge is -2.32. The number of rotatable bonds is 4. The van der Waals surface area contributed by atoms with E-state index in [1.54, 1.807) is 7.11 Å². The maximum absolute atomic E-state index is 9.71. The molecule has 1 fully saturated rings. The molecule has 1 aromatic carbocycles. The minimum Gasteiger partial charge on any atom is -0.497 e. The van der Waals surface area contributed by atoms with Crippen LogP contribution in [0.5, 0.6) is 5.75 Å². The minimum absolute atomic E-state index is 0.119. The van der Waals surface area contributed by atoms with E-state index in [4.69, 9.17) is 9.47 Å². The third kappa shape index (κ3) is 3.15. The summed E-state index contributed by atoms with van der Waals surface area (Å²) in [7, 11) is 1.65. The lowest BCUT2D eigenvalue weighted by Crippen LogP contribution is -2.42. The predicted molar refractivity (Wildman–Crippen MR) is 71.1 cm³/mol. The lowest BCUT2D eigenvalue weighted by atomic mass is 9.91. The molecule has 0 radical (unpaired) electrons. The molecule has 2 rings (SSSR count). The van der Waals surface area contributed by atoms with Crippen LogP contribution in [0.3, 0.4) is 0 Å². The van der Waals surface area contributed by atoms with Crippen LogP contribution in [0, 0.1) is 0 Å². The average molecular weight is 251 g/mol. The number of nitrogens with one attached hydrogen (secondary N) is 1. The summed E-state index contributed by atoms with van der Waals surface area (Å²) in [5, 5.41) is 13.2. The number of methoxy groups -OCH3 is 1. The third-order valence-electron chi connectivity index (χ3n) is 3.45. The van der Waals surface area contributed by atoms with Crippen LogP contribution < -0.4 is 10.1 Å². The van der Waals surface area contributed by atoms with Crippen molar-refractivity contribution in [1.29, 1.82) is 0 Å². The minimum atomic E-state index is -0.275. The summed E-state index contributed by atoms with van der Waals surface area (Å²) in [6, 6.07) is 7.79. The molecule has 4 nitrogen and oxygen atoms in total. The van der Waals surface area contributed by atoms with Gasteiger partial charge in [-0.25, -0.2) is 0 Å². The van der Waals surface area contributed by atoms with Gasteiger partial charge in [-0.2, -0.15) is 0 Å². The molecule has 1 aliphatic heterocycles. The summed E-state index contributed by atoms with van der Waals surface area (Å²) in [6.07, 6.45) is 2.71. The van der Waals surface area contributed by atoms with Gasteiger partial charge in [0.2, 0.25) is 0 Å². The second-order valence-electron chi connectivity index (χ2n) is 4.76. The first-order valence-electron chi connectivity index (χ1n) is 6.39. The molecule has 0 amide bonds. The molecule has 1 atom stereocenters. The van der Waals surface area contributed by atoms with E-state index in [2.05, 4.69) is 5.32 Å². The Morgan fingerprint density at radius 3 is 3.06 bits per heavy atom. The Morgan fingerprint density at radius 2 is 2.28 bits per heavy atom. The Hall–Kier alpha value is -1.26. The summed E-state index contributed by atoms with van der Waals surface area (Å²) >= 11 is 0. The van der Waals surface area contributed by atoms with E-state index in [1.165, 1.54) is 0 Å². The van der Waals surface area contributed by atoms with Gasteiger partial charge in [0.25, 0.3) is 0 Å². The zero-order chi connectivity index (χ0) is 12.8. The van der Waals surface area contributed by atoms with E-state index in [-0.39, 0.29) is 12.1 Å². The van der Waals surface area contributed by atoms with Gasteiger partial charge < -0.3 is 19.9 Å². The van der Waals surface area contributed by atoms with Gasteiger partial charge >= 0.3 is 0 Å². The van der Waals surface area contributed by atoms with Gasteiger partial charge in [-0.05, 0) is 31.4 Å². The maximum atomic E-state index is 9.71. The molecule has 4 heteroatoms. The van der Waals surface area contributed by atoms with E-state index in [1.807, 2.05) is 24.3 Å². The summed E-state index contributed by atoms with van der Waals surface area (Å²) in [5.74, 6) is 0.818. The van der Waals surface area contributed by atoms with Crippen molar-refractivity contribution in [2.24, 2.45) is 0 Å². The highest BCUT2D eigenvalue weighted by Gasteiger charge is 2.30. The molecule has 1 unspecified atom stereocenters. The number of hydrogen-bond donors (Lipinski definition) is 2. The van der Waals surface area contributed by atoms with Crippen LogP contribution in [0.2, 0.25) is 0 Å². The molecule has 0 spiro atoms. The zero-order valence-corrected chi connectivity index (χ0v) is 10.8. The molecule has 2 N–H and O–H groups in total. The molecular weight excluding hydrogens is 230 g/mol. The Kier molecular flexibility index (Phi) is 4.44. The van der Waals surface area contributed by atoms with Crippen molar-refractivity contribution in [3.05, 3.63) is 24.3 Å². The first-order valence-corrected chi connectivity index (χ1v) is 6.39. The van der Waals surface area contributed by atoms with Crippen molar-refractivity contribution in [1.82, 2.24) is 0 Å². The molecule has 1 heterocycles. The molecule has 1 saturated heterocycles. The van der Waals surface area contributed by atoms with Gasteiger partial charge in [0.1, 0.15) is 5.75 Å². The monoisotopic (exact) mass is 251 g/mol. The molecule has 0 bridgehead atoms. The number of anilines is 1. The number of ether oxygens (including phenoxy) is 2. The Balaban J connectivity index is 2.12. The standard InChI is InChI=1S/C14H21NO3/c1-17-13-5-2-4-12(10-13)15-14(11-16)6-3-8-18-9-7-14/h2,4-5,10,15-16H,3,6-9,11H2,1H3. The number of hydrogen-bond acceptors (Lipinski definition) is 4. The third-order valence-corrected chi connectivity index (χ3v) is 3.45. The van der Waals surface area contributed by atoms with Crippen LogP contribution in [0.1, 0.15) is 19.3 Å². The number of benzene rings is 1. The van der Waals surface area contributed by atoms with E-state index in [0.717, 1.165) is 37.3 Å². The largest absolute Gasteiger partial charge is 0.497 e. The molecule has 0 saturated carbocycles. The summed E-state index contributed by atoms with van der Waals surface area (Å²) in [6.45, 7) is 1.59. The smallest absolute Gasteiger partial charge is 0.120 e. The second-order valence-corrected chi connectivity index (χ2v) is 4.76. The number of aliphatic hydroxyl groups is 1. The van der Waals surface area contributed by atoms with Crippen molar-refractivity contribution in [2.75, 3.05) is 32.2 Å². The SMILES string of the molecule is COc1cccc(NC2(CO)CCCOCC2)c1. The van der Waals surface area contributed by atoms with Gasteiger partial charge in [0.05, 0.1) is 19.3 Å². The summed E-state index contributed by atoms with van der Waals surface area (Å²) < 4.78 is 10.7. The Bertz CT molecular complexity index is 373. The van der Waals surface area contributed by atoms with Gasteiger partial charge in [-0.3, -0.25) is 0 Å².